The quantitative estimate of drug-likeness (QED) is 0.298. The van der Waals surface area contributed by atoms with Crippen LogP contribution in [0.3, 0.4) is 0 Å². The van der Waals surface area contributed by atoms with Crippen LogP contribution in [0.1, 0.15) is 65.5 Å². The van der Waals surface area contributed by atoms with E-state index in [0.29, 0.717) is 18.4 Å². The summed E-state index contributed by atoms with van der Waals surface area (Å²) >= 11 is 0. The molecule has 0 spiro atoms. The number of nitrogens with one attached hydrogen (secondary N) is 4. The van der Waals surface area contributed by atoms with Crippen LogP contribution >= 0.6 is 0 Å². The predicted molar refractivity (Wildman–Crippen MR) is 140 cm³/mol. The summed E-state index contributed by atoms with van der Waals surface area (Å²) in [7, 11) is -3.71. The number of carbonyl (C=O) groups is 3. The van der Waals surface area contributed by atoms with E-state index in [-0.39, 0.29) is 24.8 Å². The highest BCUT2D eigenvalue weighted by Gasteiger charge is 2.32. The zero-order valence-electron chi connectivity index (χ0n) is 22.4. The van der Waals surface area contributed by atoms with Gasteiger partial charge >= 0.3 is 6.09 Å². The van der Waals surface area contributed by atoms with Crippen molar-refractivity contribution in [1.82, 2.24) is 20.7 Å². The van der Waals surface area contributed by atoms with Gasteiger partial charge in [-0.05, 0) is 50.8 Å². The van der Waals surface area contributed by atoms with Crippen molar-refractivity contribution in [2.75, 3.05) is 12.3 Å². The SMILES string of the molecule is CCCS(=O)(=O)N[C@@H](C(=O)N[C@@H](CNC(=O)OC(C)(C)C)C(=O)NCc1ccc(C#N)cc1)C(C)CC. The fourth-order valence-electron chi connectivity index (χ4n) is 3.16. The van der Waals surface area contributed by atoms with Gasteiger partial charge in [-0.2, -0.15) is 5.26 Å². The fourth-order valence-corrected chi connectivity index (χ4v) is 4.55. The van der Waals surface area contributed by atoms with Crippen molar-refractivity contribution in [2.45, 2.75) is 78.6 Å². The van der Waals surface area contributed by atoms with Crippen LogP contribution < -0.4 is 20.7 Å². The summed E-state index contributed by atoms with van der Waals surface area (Å²) in [4.78, 5) is 38.3. The molecule has 0 aliphatic rings. The van der Waals surface area contributed by atoms with E-state index in [4.69, 9.17) is 10.00 Å². The van der Waals surface area contributed by atoms with Crippen LogP contribution in [0.2, 0.25) is 0 Å². The summed E-state index contributed by atoms with van der Waals surface area (Å²) in [5.41, 5.74) is 0.436. The molecule has 0 aliphatic heterocycles. The minimum atomic E-state index is -3.71. The molecule has 0 fully saturated rings. The molecule has 4 N–H and O–H groups in total. The zero-order chi connectivity index (χ0) is 28.2. The molecule has 1 aromatic rings. The van der Waals surface area contributed by atoms with Crippen molar-refractivity contribution in [1.29, 1.82) is 5.26 Å². The van der Waals surface area contributed by atoms with Gasteiger partial charge in [-0.3, -0.25) is 9.59 Å². The van der Waals surface area contributed by atoms with E-state index in [1.807, 2.05) is 13.0 Å². The van der Waals surface area contributed by atoms with E-state index in [2.05, 4.69) is 20.7 Å². The lowest BCUT2D eigenvalue weighted by atomic mass is 9.99. The minimum Gasteiger partial charge on any atom is -0.444 e. The minimum absolute atomic E-state index is 0.112. The van der Waals surface area contributed by atoms with Crippen molar-refractivity contribution in [3.63, 3.8) is 0 Å². The number of benzene rings is 1. The van der Waals surface area contributed by atoms with E-state index in [1.54, 1.807) is 58.9 Å². The Morgan fingerprint density at radius 2 is 1.68 bits per heavy atom. The third-order valence-electron chi connectivity index (χ3n) is 5.31. The zero-order valence-corrected chi connectivity index (χ0v) is 23.2. The summed E-state index contributed by atoms with van der Waals surface area (Å²) < 4.78 is 32.4. The molecule has 37 heavy (non-hydrogen) atoms. The fraction of sp³-hybridized carbons (Fsp3) is 0.600. The van der Waals surface area contributed by atoms with Gasteiger partial charge in [-0.25, -0.2) is 17.9 Å². The first-order valence-corrected chi connectivity index (χ1v) is 13.9. The lowest BCUT2D eigenvalue weighted by Gasteiger charge is -2.27. The van der Waals surface area contributed by atoms with Gasteiger partial charge in [0.25, 0.3) is 0 Å². The van der Waals surface area contributed by atoms with Crippen molar-refractivity contribution < 1.29 is 27.5 Å². The number of hydrogen-bond acceptors (Lipinski definition) is 7. The maximum absolute atomic E-state index is 13.2. The highest BCUT2D eigenvalue weighted by atomic mass is 32.2. The molecular weight excluding hydrogens is 498 g/mol. The maximum Gasteiger partial charge on any atom is 0.407 e. The van der Waals surface area contributed by atoms with Gasteiger partial charge in [0.2, 0.25) is 21.8 Å². The molecule has 12 heteroatoms. The van der Waals surface area contributed by atoms with E-state index in [0.717, 1.165) is 5.56 Å². The Hall–Kier alpha value is -3.17. The summed E-state index contributed by atoms with van der Waals surface area (Å²) in [5, 5.41) is 16.7. The van der Waals surface area contributed by atoms with Crippen molar-refractivity contribution in [3.8, 4) is 6.07 Å². The number of ether oxygens (including phenoxy) is 1. The number of rotatable bonds is 13. The molecule has 3 atom stereocenters. The van der Waals surface area contributed by atoms with Crippen LogP contribution in [0.5, 0.6) is 0 Å². The average Bonchev–Trinajstić information content (AvgIpc) is 2.82. The molecule has 3 amide bonds. The molecule has 0 radical (unpaired) electrons. The molecule has 1 unspecified atom stereocenters. The van der Waals surface area contributed by atoms with Gasteiger partial charge in [0.05, 0.1) is 23.9 Å². The Balaban J connectivity index is 3.05. The molecular formula is C25H39N5O6S. The summed E-state index contributed by atoms with van der Waals surface area (Å²) in [6.07, 6.45) is 0.122. The van der Waals surface area contributed by atoms with Crippen LogP contribution in [-0.4, -0.2) is 56.3 Å². The molecule has 0 bridgehead atoms. The average molecular weight is 538 g/mol. The van der Waals surface area contributed by atoms with Crippen LogP contribution in [0.25, 0.3) is 0 Å². The Morgan fingerprint density at radius 1 is 1.05 bits per heavy atom. The number of amides is 3. The van der Waals surface area contributed by atoms with Gasteiger partial charge in [-0.1, -0.05) is 39.3 Å². The number of alkyl carbamates (subject to hydrolysis) is 1. The lowest BCUT2D eigenvalue weighted by molar-refractivity contribution is -0.130. The lowest BCUT2D eigenvalue weighted by Crippen LogP contribution is -2.58. The Kier molecular flexibility index (Phi) is 12.5. The molecule has 0 saturated heterocycles. The monoisotopic (exact) mass is 537 g/mol. The van der Waals surface area contributed by atoms with Crippen molar-refractivity contribution in [3.05, 3.63) is 35.4 Å². The van der Waals surface area contributed by atoms with Crippen LogP contribution in [-0.2, 0) is 30.9 Å². The summed E-state index contributed by atoms with van der Waals surface area (Å²) in [6.45, 7) is 10.2. The van der Waals surface area contributed by atoms with E-state index in [9.17, 15) is 22.8 Å². The Bertz CT molecular complexity index is 1060. The number of nitriles is 1. The smallest absolute Gasteiger partial charge is 0.407 e. The van der Waals surface area contributed by atoms with Gasteiger partial charge in [0.15, 0.2) is 0 Å². The van der Waals surface area contributed by atoms with E-state index >= 15 is 0 Å². The summed E-state index contributed by atoms with van der Waals surface area (Å²) in [6, 6.07) is 6.31. The first-order valence-electron chi connectivity index (χ1n) is 12.2. The van der Waals surface area contributed by atoms with E-state index in [1.165, 1.54) is 0 Å². The van der Waals surface area contributed by atoms with Crippen LogP contribution in [0.15, 0.2) is 24.3 Å². The second kappa shape index (κ2) is 14.5. The molecule has 11 nitrogen and oxygen atoms in total. The first-order chi connectivity index (χ1) is 17.2. The number of sulfonamides is 1. The van der Waals surface area contributed by atoms with Crippen molar-refractivity contribution >= 4 is 27.9 Å². The second-order valence-electron chi connectivity index (χ2n) is 9.77. The molecule has 0 heterocycles. The third kappa shape index (κ3) is 12.1. The Morgan fingerprint density at radius 3 is 2.19 bits per heavy atom. The normalized spacial score (nSPS) is 14.0. The largest absolute Gasteiger partial charge is 0.444 e. The Labute approximate surface area is 219 Å². The maximum atomic E-state index is 13.2. The van der Waals surface area contributed by atoms with Gasteiger partial charge in [0.1, 0.15) is 17.7 Å². The third-order valence-corrected chi connectivity index (χ3v) is 6.87. The highest BCUT2D eigenvalue weighted by molar-refractivity contribution is 7.89. The topological polar surface area (TPSA) is 166 Å². The van der Waals surface area contributed by atoms with Crippen LogP contribution in [0.4, 0.5) is 4.79 Å². The van der Waals surface area contributed by atoms with Gasteiger partial charge < -0.3 is 20.7 Å². The van der Waals surface area contributed by atoms with Crippen LogP contribution in [0, 0.1) is 17.2 Å². The predicted octanol–water partition coefficient (Wildman–Crippen LogP) is 1.93. The van der Waals surface area contributed by atoms with Gasteiger partial charge in [-0.15, -0.1) is 0 Å². The molecule has 1 aromatic carbocycles. The first kappa shape index (κ1) is 31.9. The number of nitrogens with zero attached hydrogens (tertiary/aromatic N) is 1. The highest BCUT2D eigenvalue weighted by Crippen LogP contribution is 2.11. The number of carbonyl (C=O) groups excluding carboxylic acids is 3. The van der Waals surface area contributed by atoms with Crippen molar-refractivity contribution in [2.24, 2.45) is 5.92 Å². The van der Waals surface area contributed by atoms with E-state index < -0.39 is 45.6 Å². The molecule has 1 rings (SSSR count). The van der Waals surface area contributed by atoms with Gasteiger partial charge in [0, 0.05) is 6.54 Å². The molecule has 0 saturated carbocycles. The molecule has 0 aromatic heterocycles. The number of hydrogen-bond donors (Lipinski definition) is 4. The molecule has 206 valence electrons. The molecule has 0 aliphatic carbocycles. The second-order valence-corrected chi connectivity index (χ2v) is 11.6. The summed E-state index contributed by atoms with van der Waals surface area (Å²) in [5.74, 6) is -1.76. The standard InChI is InChI=1S/C25H39N5O6S/c1-7-13-37(34,35)30-21(17(3)8-2)23(32)29-20(16-28-24(33)36-25(4,5)6)22(31)27-15-19-11-9-18(14-26)10-12-19/h9-12,17,20-21,30H,7-8,13,15-16H2,1-6H3,(H,27,31)(H,28,33)(H,29,32)/t17?,20-,21+/m0/s1.